The van der Waals surface area contributed by atoms with Crippen molar-refractivity contribution in [2.75, 3.05) is 24.5 Å². The van der Waals surface area contributed by atoms with E-state index in [1.807, 2.05) is 26.8 Å². The van der Waals surface area contributed by atoms with Gasteiger partial charge < -0.3 is 14.7 Å². The summed E-state index contributed by atoms with van der Waals surface area (Å²) in [6.45, 7) is 7.47. The van der Waals surface area contributed by atoms with Crippen molar-refractivity contribution in [3.8, 4) is 0 Å². The number of aromatic nitrogens is 2. The van der Waals surface area contributed by atoms with E-state index < -0.39 is 5.97 Å². The molecule has 2 aromatic heterocycles. The van der Waals surface area contributed by atoms with E-state index in [9.17, 15) is 14.4 Å². The van der Waals surface area contributed by atoms with Crippen LogP contribution in [0.5, 0.6) is 0 Å². The number of carbonyl (C=O) groups is 2. The fourth-order valence-corrected chi connectivity index (χ4v) is 5.86. The lowest BCUT2D eigenvalue weighted by Crippen LogP contribution is -2.46. The van der Waals surface area contributed by atoms with Crippen LogP contribution in [0.4, 0.5) is 5.82 Å². The third kappa shape index (κ3) is 5.63. The minimum Gasteiger partial charge on any atom is -0.481 e. The van der Waals surface area contributed by atoms with Gasteiger partial charge in [-0.3, -0.25) is 23.7 Å². The van der Waals surface area contributed by atoms with E-state index >= 15 is 0 Å². The number of hydrogen-bond acceptors (Lipinski definition) is 8. The lowest BCUT2D eigenvalue weighted by atomic mass is 10.1. The highest BCUT2D eigenvalue weighted by Crippen LogP contribution is 2.34. The second kappa shape index (κ2) is 11.1. The van der Waals surface area contributed by atoms with Gasteiger partial charge in [-0.05, 0) is 51.3 Å². The van der Waals surface area contributed by atoms with E-state index in [1.54, 1.807) is 18.3 Å². The number of ether oxygens (including phenoxy) is 1. The highest BCUT2D eigenvalue weighted by Gasteiger charge is 2.33. The maximum Gasteiger partial charge on any atom is 0.303 e. The zero-order valence-corrected chi connectivity index (χ0v) is 22.2. The molecular formula is C25H30N4O5S2. The number of aryl methyl sites for hydroxylation is 1. The summed E-state index contributed by atoms with van der Waals surface area (Å²) < 4.78 is 7.83. The molecule has 0 radical (unpaired) electrons. The summed E-state index contributed by atoms with van der Waals surface area (Å²) in [5, 5.41) is 8.79. The molecule has 0 unspecified atom stereocenters. The Bertz CT molecular complexity index is 1280. The molecule has 9 nitrogen and oxygen atoms in total. The largest absolute Gasteiger partial charge is 0.481 e. The Hall–Kier alpha value is -2.76. The maximum absolute atomic E-state index is 13.7. The number of fused-ring (bicyclic) bond motifs is 1. The number of unbranched alkanes of at least 4 members (excludes halogenated alkanes) is 2. The number of rotatable bonds is 8. The normalized spacial score (nSPS) is 21.7. The molecule has 2 aromatic rings. The zero-order valence-electron chi connectivity index (χ0n) is 20.6. The molecule has 2 aliphatic rings. The molecule has 2 aliphatic heterocycles. The number of aliphatic carboxylic acids is 1. The number of pyridine rings is 1. The van der Waals surface area contributed by atoms with Crippen LogP contribution in [0.2, 0.25) is 0 Å². The molecule has 4 heterocycles. The SMILES string of the molecule is Cc1cccn2c(=O)c(/C=C3\SC(=S)N(CCCCCC(=O)O)C3=O)c(N3C[C@@H](C)O[C@H](C)C3)nc12. The maximum atomic E-state index is 13.7. The quantitative estimate of drug-likeness (QED) is 0.312. The number of thiocarbonyl (C=S) groups is 1. The number of carboxylic acids is 1. The molecule has 36 heavy (non-hydrogen) atoms. The van der Waals surface area contributed by atoms with Gasteiger partial charge in [-0.2, -0.15) is 0 Å². The molecule has 11 heteroatoms. The van der Waals surface area contributed by atoms with Crippen LogP contribution >= 0.6 is 24.0 Å². The molecule has 0 aliphatic carbocycles. The van der Waals surface area contributed by atoms with Gasteiger partial charge >= 0.3 is 5.97 Å². The molecular weight excluding hydrogens is 500 g/mol. The van der Waals surface area contributed by atoms with Gasteiger partial charge in [0.2, 0.25) is 0 Å². The van der Waals surface area contributed by atoms with Crippen molar-refractivity contribution in [1.29, 1.82) is 0 Å². The molecule has 0 saturated carbocycles. The number of hydrogen-bond donors (Lipinski definition) is 1. The Kier molecular flexibility index (Phi) is 8.11. The number of amides is 1. The molecule has 0 aromatic carbocycles. The van der Waals surface area contributed by atoms with Crippen molar-refractivity contribution in [3.05, 3.63) is 44.7 Å². The predicted octanol–water partition coefficient (Wildman–Crippen LogP) is 3.46. The molecule has 1 amide bonds. The Morgan fingerprint density at radius 3 is 2.67 bits per heavy atom. The lowest BCUT2D eigenvalue weighted by Gasteiger charge is -2.36. The van der Waals surface area contributed by atoms with Crippen LogP contribution in [0.15, 0.2) is 28.0 Å². The van der Waals surface area contributed by atoms with Crippen molar-refractivity contribution < 1.29 is 19.4 Å². The smallest absolute Gasteiger partial charge is 0.303 e. The highest BCUT2D eigenvalue weighted by molar-refractivity contribution is 8.26. The highest BCUT2D eigenvalue weighted by atomic mass is 32.2. The Labute approximate surface area is 219 Å². The summed E-state index contributed by atoms with van der Waals surface area (Å²) in [6, 6.07) is 3.72. The molecule has 1 N–H and O–H groups in total. The average molecular weight is 531 g/mol. The first-order valence-corrected chi connectivity index (χ1v) is 13.3. The minimum absolute atomic E-state index is 0.0296. The first-order valence-electron chi connectivity index (χ1n) is 12.0. The van der Waals surface area contributed by atoms with E-state index in [0.717, 1.165) is 5.56 Å². The summed E-state index contributed by atoms with van der Waals surface area (Å²) >= 11 is 6.63. The van der Waals surface area contributed by atoms with E-state index in [4.69, 9.17) is 27.0 Å². The Morgan fingerprint density at radius 1 is 1.25 bits per heavy atom. The van der Waals surface area contributed by atoms with E-state index in [1.165, 1.54) is 21.1 Å². The summed E-state index contributed by atoms with van der Waals surface area (Å²) in [7, 11) is 0. The number of carbonyl (C=O) groups excluding carboxylic acids is 1. The van der Waals surface area contributed by atoms with Gasteiger partial charge in [0.05, 0.1) is 22.7 Å². The van der Waals surface area contributed by atoms with Crippen molar-refractivity contribution in [2.45, 2.75) is 58.7 Å². The number of anilines is 1. The number of carboxylic acid groups (broad SMARTS) is 1. The van der Waals surface area contributed by atoms with Crippen LogP contribution in [0, 0.1) is 6.92 Å². The van der Waals surface area contributed by atoms with Gasteiger partial charge in [-0.15, -0.1) is 0 Å². The third-order valence-corrected chi connectivity index (χ3v) is 7.58. The summed E-state index contributed by atoms with van der Waals surface area (Å²) in [4.78, 5) is 46.4. The van der Waals surface area contributed by atoms with Crippen molar-refractivity contribution in [3.63, 3.8) is 0 Å². The second-order valence-corrected chi connectivity index (χ2v) is 10.9. The second-order valence-electron chi connectivity index (χ2n) is 9.24. The van der Waals surface area contributed by atoms with E-state index in [2.05, 4.69) is 4.90 Å². The molecule has 0 spiro atoms. The van der Waals surface area contributed by atoms with Gasteiger partial charge in [0.15, 0.2) is 0 Å². The van der Waals surface area contributed by atoms with Crippen LogP contribution in [0.25, 0.3) is 11.7 Å². The van der Waals surface area contributed by atoms with Crippen LogP contribution in [-0.4, -0.2) is 67.4 Å². The van der Waals surface area contributed by atoms with Crippen molar-refractivity contribution in [2.24, 2.45) is 0 Å². The van der Waals surface area contributed by atoms with Gasteiger partial charge in [0.1, 0.15) is 15.8 Å². The molecule has 192 valence electrons. The van der Waals surface area contributed by atoms with Gasteiger partial charge in [-0.25, -0.2) is 4.98 Å². The van der Waals surface area contributed by atoms with Crippen LogP contribution in [0.3, 0.4) is 0 Å². The fourth-order valence-electron chi connectivity index (χ4n) is 4.57. The monoisotopic (exact) mass is 530 g/mol. The first-order chi connectivity index (χ1) is 17.2. The summed E-state index contributed by atoms with van der Waals surface area (Å²) in [5.74, 6) is -0.532. The van der Waals surface area contributed by atoms with Gasteiger partial charge in [-0.1, -0.05) is 36.5 Å². The lowest BCUT2D eigenvalue weighted by molar-refractivity contribution is -0.137. The van der Waals surface area contributed by atoms with Crippen LogP contribution in [-0.2, 0) is 14.3 Å². The summed E-state index contributed by atoms with van der Waals surface area (Å²) in [6.07, 6.45) is 5.25. The van der Waals surface area contributed by atoms with Crippen LogP contribution in [0.1, 0.15) is 50.7 Å². The fraction of sp³-hybridized carbons (Fsp3) is 0.480. The van der Waals surface area contributed by atoms with Crippen molar-refractivity contribution in [1.82, 2.24) is 14.3 Å². The number of nitrogens with zero attached hydrogens (tertiary/aromatic N) is 4. The predicted molar refractivity (Wildman–Crippen MR) is 144 cm³/mol. The van der Waals surface area contributed by atoms with E-state index in [0.29, 0.717) is 65.2 Å². The Balaban J connectivity index is 1.68. The average Bonchev–Trinajstić information content (AvgIpc) is 3.07. The van der Waals surface area contributed by atoms with Crippen molar-refractivity contribution >= 4 is 57.7 Å². The minimum atomic E-state index is -0.825. The number of thioether (sulfide) groups is 1. The standard InChI is InChI=1S/C25H30N4O5S2/c1-15-8-7-11-28-21(15)26-22(27-13-16(2)34-17(3)14-27)18(23(28)32)12-19-24(33)29(25(35)36-19)10-6-4-5-9-20(30)31/h7-8,11-12,16-17H,4-6,9-10,13-14H2,1-3H3,(H,30,31)/b19-12-/t16-,17-/m1/s1. The third-order valence-electron chi connectivity index (χ3n) is 6.20. The molecule has 2 saturated heterocycles. The zero-order chi connectivity index (χ0) is 26.0. The van der Waals surface area contributed by atoms with Crippen LogP contribution < -0.4 is 10.5 Å². The topological polar surface area (TPSA) is 104 Å². The summed E-state index contributed by atoms with van der Waals surface area (Å²) in [5.41, 5.74) is 1.56. The van der Waals surface area contributed by atoms with Gasteiger partial charge in [0.25, 0.3) is 11.5 Å². The molecule has 2 atom stereocenters. The van der Waals surface area contributed by atoms with Gasteiger partial charge in [0, 0.05) is 32.3 Å². The molecule has 2 fully saturated rings. The number of morpholine rings is 1. The Morgan fingerprint density at radius 2 is 1.97 bits per heavy atom. The molecule has 0 bridgehead atoms. The molecule has 4 rings (SSSR count). The first kappa shape index (κ1) is 26.3. The van der Waals surface area contributed by atoms with E-state index in [-0.39, 0.29) is 30.1 Å².